The molecule has 3 amide bonds. The number of phosphoric ester groups is 1. The number of carbonyl (C=O) groups is 2. The minimum absolute atomic E-state index is 0.192. The van der Waals surface area contributed by atoms with E-state index >= 15 is 0 Å². The molecule has 2 fully saturated rings. The van der Waals surface area contributed by atoms with Crippen LogP contribution in [0.5, 0.6) is 0 Å². The molecule has 0 bridgehead atoms. The average molecular weight is 364 g/mol. The summed E-state index contributed by atoms with van der Waals surface area (Å²) in [5.74, 6) is -0.587. The fourth-order valence-corrected chi connectivity index (χ4v) is 2.99. The van der Waals surface area contributed by atoms with Crippen LogP contribution in [-0.2, 0) is 13.9 Å². The maximum atomic E-state index is 11.8. The van der Waals surface area contributed by atoms with Gasteiger partial charge in [0.15, 0.2) is 0 Å². The normalized spacial score (nSPS) is 34.1. The van der Waals surface area contributed by atoms with Crippen molar-refractivity contribution in [2.75, 3.05) is 13.2 Å². The summed E-state index contributed by atoms with van der Waals surface area (Å²) >= 11 is 0. The molecule has 0 radical (unpaired) electrons. The Bertz CT molecular complexity index is 603. The highest BCUT2D eigenvalue weighted by molar-refractivity contribution is 7.46. The number of amides is 3. The second kappa shape index (κ2) is 7.12. The minimum atomic E-state index is -4.74. The first-order chi connectivity index (χ1) is 11.1. The number of urea groups is 1. The fraction of sp³-hybridized carbons (Fsp3) is 0.727. The van der Waals surface area contributed by atoms with Gasteiger partial charge in [0.05, 0.1) is 43.4 Å². The average Bonchev–Trinajstić information content (AvgIpc) is 2.74. The van der Waals surface area contributed by atoms with Crippen molar-refractivity contribution in [3.8, 4) is 6.07 Å². The minimum Gasteiger partial charge on any atom is -0.389 e. The van der Waals surface area contributed by atoms with Gasteiger partial charge in [-0.1, -0.05) is 0 Å². The maximum Gasteiger partial charge on any atom is 0.469 e. The molecule has 24 heavy (non-hydrogen) atoms. The highest BCUT2D eigenvalue weighted by Crippen LogP contribution is 2.36. The number of phosphoric acid groups is 1. The predicted octanol–water partition coefficient (Wildman–Crippen LogP) is -3.01. The molecule has 0 aromatic heterocycles. The topological polar surface area (TPSA) is 192 Å². The summed E-state index contributed by atoms with van der Waals surface area (Å²) in [4.78, 5) is 41.5. The van der Waals surface area contributed by atoms with E-state index in [2.05, 4.69) is 9.84 Å². The number of hydrogen-bond donors (Lipinski definition) is 6. The first-order valence-corrected chi connectivity index (χ1v) is 8.47. The van der Waals surface area contributed by atoms with Crippen LogP contribution in [0.4, 0.5) is 4.79 Å². The summed E-state index contributed by atoms with van der Waals surface area (Å²) in [6.07, 6.45) is -2.96. The Kier molecular flexibility index (Phi) is 5.56. The van der Waals surface area contributed by atoms with Gasteiger partial charge in [0.25, 0.3) is 0 Å². The number of aliphatic hydroxyl groups is 2. The van der Waals surface area contributed by atoms with Crippen molar-refractivity contribution in [1.82, 2.24) is 15.5 Å². The molecule has 2 heterocycles. The number of hydrogen-bond acceptors (Lipinski definition) is 8. The largest absolute Gasteiger partial charge is 0.469 e. The van der Waals surface area contributed by atoms with Crippen molar-refractivity contribution >= 4 is 19.8 Å². The molecule has 0 aromatic rings. The molecule has 0 aliphatic carbocycles. The Morgan fingerprint density at radius 1 is 1.29 bits per heavy atom. The molecule has 3 unspecified atom stereocenters. The molecule has 0 saturated carbocycles. The third kappa shape index (κ3) is 4.28. The number of nitrogens with one attached hydrogen (secondary N) is 2. The zero-order chi connectivity index (χ0) is 18.1. The van der Waals surface area contributed by atoms with Crippen molar-refractivity contribution in [3.05, 3.63) is 0 Å². The SMILES string of the molecule is N#CC1CC(=O)NC(=O)N1C[C@@H]1N[C@H](COP(=O)(O)O)C(O)C1O. The van der Waals surface area contributed by atoms with E-state index in [1.54, 1.807) is 0 Å². The van der Waals surface area contributed by atoms with Gasteiger partial charge < -0.3 is 30.2 Å². The van der Waals surface area contributed by atoms with E-state index in [0.29, 0.717) is 0 Å². The van der Waals surface area contributed by atoms with Crippen LogP contribution in [0, 0.1) is 11.3 Å². The van der Waals surface area contributed by atoms with Crippen LogP contribution in [0.25, 0.3) is 0 Å². The molecule has 134 valence electrons. The second-order valence-corrected chi connectivity index (χ2v) is 6.74. The van der Waals surface area contributed by atoms with Gasteiger partial charge in [-0.15, -0.1) is 0 Å². The third-order valence-corrected chi connectivity index (χ3v) is 4.31. The van der Waals surface area contributed by atoms with Crippen molar-refractivity contribution in [1.29, 1.82) is 5.26 Å². The highest BCUT2D eigenvalue weighted by atomic mass is 31.2. The smallest absolute Gasteiger partial charge is 0.389 e. The van der Waals surface area contributed by atoms with Gasteiger partial charge in [-0.2, -0.15) is 5.26 Å². The van der Waals surface area contributed by atoms with Crippen molar-refractivity contribution in [2.45, 2.75) is 36.8 Å². The van der Waals surface area contributed by atoms with E-state index in [4.69, 9.17) is 15.0 Å². The van der Waals surface area contributed by atoms with Crippen molar-refractivity contribution in [2.24, 2.45) is 0 Å². The van der Waals surface area contributed by atoms with Gasteiger partial charge >= 0.3 is 13.9 Å². The molecular formula is C11H17N4O8P. The molecule has 2 aliphatic heterocycles. The molecule has 2 saturated heterocycles. The predicted molar refractivity (Wildman–Crippen MR) is 75.0 cm³/mol. The van der Waals surface area contributed by atoms with Crippen LogP contribution < -0.4 is 10.6 Å². The number of nitrogens with zero attached hydrogens (tertiary/aromatic N) is 2. The third-order valence-electron chi connectivity index (χ3n) is 3.83. The first-order valence-electron chi connectivity index (χ1n) is 6.94. The number of rotatable bonds is 5. The quantitative estimate of drug-likeness (QED) is 0.274. The van der Waals surface area contributed by atoms with E-state index in [1.807, 2.05) is 11.4 Å². The number of imide groups is 1. The molecule has 2 aliphatic rings. The van der Waals surface area contributed by atoms with Crippen molar-refractivity contribution < 1.29 is 38.7 Å². The Balaban J connectivity index is 2.02. The van der Waals surface area contributed by atoms with Gasteiger partial charge in [0.2, 0.25) is 5.91 Å². The lowest BCUT2D eigenvalue weighted by molar-refractivity contribution is -0.122. The maximum absolute atomic E-state index is 11.8. The first kappa shape index (κ1) is 18.8. The Morgan fingerprint density at radius 3 is 2.50 bits per heavy atom. The van der Waals surface area contributed by atoms with Crippen LogP contribution in [0.1, 0.15) is 6.42 Å². The molecule has 5 atom stereocenters. The zero-order valence-electron chi connectivity index (χ0n) is 12.3. The summed E-state index contributed by atoms with van der Waals surface area (Å²) in [5.41, 5.74) is 0. The molecular weight excluding hydrogens is 347 g/mol. The summed E-state index contributed by atoms with van der Waals surface area (Å²) in [6, 6.07) is -1.84. The van der Waals surface area contributed by atoms with Gasteiger partial charge in [-0.05, 0) is 0 Å². The molecule has 0 aromatic carbocycles. The Labute approximate surface area is 136 Å². The number of aliphatic hydroxyl groups excluding tert-OH is 2. The van der Waals surface area contributed by atoms with Crippen LogP contribution in [0.2, 0.25) is 0 Å². The van der Waals surface area contributed by atoms with E-state index in [9.17, 15) is 24.4 Å². The second-order valence-electron chi connectivity index (χ2n) is 5.50. The summed E-state index contributed by atoms with van der Waals surface area (Å²) in [7, 11) is -4.74. The van der Waals surface area contributed by atoms with Crippen LogP contribution >= 0.6 is 7.82 Å². The van der Waals surface area contributed by atoms with Crippen LogP contribution in [-0.4, -0.2) is 80.3 Å². The van der Waals surface area contributed by atoms with Crippen molar-refractivity contribution in [3.63, 3.8) is 0 Å². The highest BCUT2D eigenvalue weighted by Gasteiger charge is 2.44. The van der Waals surface area contributed by atoms with E-state index in [1.165, 1.54) is 0 Å². The lowest BCUT2D eigenvalue weighted by Crippen LogP contribution is -2.58. The zero-order valence-corrected chi connectivity index (χ0v) is 13.2. The lowest BCUT2D eigenvalue weighted by atomic mass is 10.1. The van der Waals surface area contributed by atoms with E-state index in [-0.39, 0.29) is 13.0 Å². The summed E-state index contributed by atoms with van der Waals surface area (Å²) in [6.45, 7) is -0.757. The standard InChI is InChI=1S/C11H17N4O8P/c12-2-5-1-8(16)14-11(19)15(5)3-6-9(17)10(18)7(13-6)4-23-24(20,21)22/h5-7,9-10,13,17-18H,1,3-4H2,(H,14,16,19)(H2,20,21,22)/t5?,6-,7+,9?,10?/m0/s1. The van der Waals surface area contributed by atoms with Gasteiger partial charge in [0, 0.05) is 6.54 Å². The number of nitriles is 1. The molecule has 13 heteroatoms. The van der Waals surface area contributed by atoms with Crippen LogP contribution in [0.15, 0.2) is 0 Å². The Hall–Kier alpha value is -1.58. The van der Waals surface area contributed by atoms with Gasteiger partial charge in [0.1, 0.15) is 6.04 Å². The van der Waals surface area contributed by atoms with Gasteiger partial charge in [-0.3, -0.25) is 14.6 Å². The van der Waals surface area contributed by atoms with E-state index < -0.39 is 56.7 Å². The number of carbonyl (C=O) groups excluding carboxylic acids is 2. The lowest BCUT2D eigenvalue weighted by Gasteiger charge is -2.33. The molecule has 6 N–H and O–H groups in total. The van der Waals surface area contributed by atoms with E-state index in [0.717, 1.165) is 4.90 Å². The monoisotopic (exact) mass is 364 g/mol. The fourth-order valence-electron chi connectivity index (χ4n) is 2.64. The molecule has 0 spiro atoms. The molecule has 2 rings (SSSR count). The van der Waals surface area contributed by atoms with Gasteiger partial charge in [-0.25, -0.2) is 9.36 Å². The Morgan fingerprint density at radius 2 is 1.92 bits per heavy atom. The molecule has 12 nitrogen and oxygen atoms in total. The summed E-state index contributed by atoms with van der Waals surface area (Å²) < 4.78 is 15.0. The summed E-state index contributed by atoms with van der Waals surface area (Å²) in [5, 5.41) is 33.7. The van der Waals surface area contributed by atoms with Crippen LogP contribution in [0.3, 0.4) is 0 Å².